The van der Waals surface area contributed by atoms with Crippen LogP contribution in [0, 0.1) is 11.3 Å². The molecule has 0 bridgehead atoms. The predicted molar refractivity (Wildman–Crippen MR) is 137 cm³/mol. The lowest BCUT2D eigenvalue weighted by atomic mass is 9.72. The topological polar surface area (TPSA) is 64.0 Å². The van der Waals surface area contributed by atoms with Crippen molar-refractivity contribution in [3.63, 3.8) is 0 Å². The van der Waals surface area contributed by atoms with E-state index >= 15 is 0 Å². The van der Waals surface area contributed by atoms with Crippen molar-refractivity contribution < 1.29 is 4.79 Å². The summed E-state index contributed by atoms with van der Waals surface area (Å²) in [6, 6.07) is 5.47. The Morgan fingerprint density at radius 3 is 2.52 bits per heavy atom. The molecular weight excluding hydrogens is 430 g/mol. The summed E-state index contributed by atoms with van der Waals surface area (Å²) in [6.07, 6.45) is 6.21. The highest BCUT2D eigenvalue weighted by molar-refractivity contribution is 7.18. The molecule has 5 nitrogen and oxygen atoms in total. The molecule has 0 fully saturated rings. The van der Waals surface area contributed by atoms with Gasteiger partial charge in [0, 0.05) is 10.6 Å². The largest absolute Gasteiger partial charge is 0.324 e. The van der Waals surface area contributed by atoms with Crippen LogP contribution in [0.15, 0.2) is 29.3 Å². The van der Waals surface area contributed by atoms with Crippen molar-refractivity contribution in [2.45, 2.75) is 79.7 Å². The van der Waals surface area contributed by atoms with E-state index in [-0.39, 0.29) is 16.9 Å². The third-order valence-electron chi connectivity index (χ3n) is 7.26. The maximum Gasteiger partial charge on any atom is 0.263 e. The van der Waals surface area contributed by atoms with Crippen LogP contribution in [0.25, 0.3) is 10.2 Å². The molecule has 176 valence electrons. The molecule has 0 saturated heterocycles. The van der Waals surface area contributed by atoms with Crippen LogP contribution >= 0.6 is 11.3 Å². The molecule has 2 unspecified atom stereocenters. The lowest BCUT2D eigenvalue weighted by Gasteiger charge is -2.33. The molecule has 1 aliphatic rings. The van der Waals surface area contributed by atoms with Gasteiger partial charge in [-0.2, -0.15) is 0 Å². The van der Waals surface area contributed by atoms with Crippen LogP contribution in [0.2, 0.25) is 0 Å². The number of fused-ring (bicyclic) bond motifs is 3. The summed E-state index contributed by atoms with van der Waals surface area (Å²) < 4.78 is 1.50. The number of carbonyl (C=O) groups is 1. The Bertz CT molecular complexity index is 1230. The number of carbonyl (C=O) groups excluding carboxylic acids is 1. The van der Waals surface area contributed by atoms with Crippen LogP contribution in [-0.2, 0) is 30.5 Å². The minimum absolute atomic E-state index is 0.103. The first kappa shape index (κ1) is 23.7. The summed E-state index contributed by atoms with van der Waals surface area (Å²) >= 11 is 1.65. The van der Waals surface area contributed by atoms with Crippen LogP contribution in [0.3, 0.4) is 0 Å². The van der Waals surface area contributed by atoms with E-state index in [9.17, 15) is 9.59 Å². The van der Waals surface area contributed by atoms with Crippen molar-refractivity contribution in [1.82, 2.24) is 9.55 Å². The van der Waals surface area contributed by atoms with E-state index in [0.717, 1.165) is 59.3 Å². The number of para-hydroxylation sites is 1. The van der Waals surface area contributed by atoms with E-state index in [1.807, 2.05) is 18.2 Å². The Morgan fingerprint density at radius 2 is 1.91 bits per heavy atom. The lowest BCUT2D eigenvalue weighted by molar-refractivity contribution is -0.118. The van der Waals surface area contributed by atoms with E-state index in [1.165, 1.54) is 9.44 Å². The van der Waals surface area contributed by atoms with Gasteiger partial charge in [-0.15, -0.1) is 11.3 Å². The fraction of sp³-hybridized carbons (Fsp3) is 0.519. The lowest BCUT2D eigenvalue weighted by Crippen LogP contribution is -2.32. The van der Waals surface area contributed by atoms with Gasteiger partial charge in [-0.3, -0.25) is 14.2 Å². The quantitative estimate of drug-likeness (QED) is 0.508. The summed E-state index contributed by atoms with van der Waals surface area (Å²) in [5.74, 6) is 0.419. The number of hydrogen-bond donors (Lipinski definition) is 1. The van der Waals surface area contributed by atoms with Crippen LogP contribution in [0.4, 0.5) is 5.69 Å². The fourth-order valence-corrected chi connectivity index (χ4v) is 6.21. The molecule has 1 aliphatic carbocycles. The number of rotatable bonds is 5. The number of thiophene rings is 1. The first-order valence-corrected chi connectivity index (χ1v) is 12.9. The maximum absolute atomic E-state index is 13.5. The fourth-order valence-electron chi connectivity index (χ4n) is 4.95. The third kappa shape index (κ3) is 4.37. The van der Waals surface area contributed by atoms with Crippen LogP contribution in [0.1, 0.15) is 75.6 Å². The van der Waals surface area contributed by atoms with Gasteiger partial charge >= 0.3 is 0 Å². The Hall–Kier alpha value is -2.47. The second-order valence-electron chi connectivity index (χ2n) is 10.3. The van der Waals surface area contributed by atoms with Gasteiger partial charge in [0.15, 0.2) is 0 Å². The highest BCUT2D eigenvalue weighted by Gasteiger charge is 2.32. The second-order valence-corrected chi connectivity index (χ2v) is 11.4. The number of nitrogens with one attached hydrogen (secondary N) is 1. The number of anilines is 1. The zero-order valence-corrected chi connectivity index (χ0v) is 21.4. The minimum Gasteiger partial charge on any atom is -0.324 e. The van der Waals surface area contributed by atoms with Gasteiger partial charge in [-0.05, 0) is 67.1 Å². The number of hydrogen-bond acceptors (Lipinski definition) is 4. The monoisotopic (exact) mass is 465 g/mol. The van der Waals surface area contributed by atoms with Gasteiger partial charge in [0.1, 0.15) is 10.9 Å². The highest BCUT2D eigenvalue weighted by atomic mass is 32.1. The van der Waals surface area contributed by atoms with Gasteiger partial charge in [0.25, 0.3) is 5.56 Å². The summed E-state index contributed by atoms with van der Waals surface area (Å²) in [5, 5.41) is 3.82. The number of aromatic nitrogens is 2. The normalized spacial score (nSPS) is 17.1. The molecule has 3 aromatic rings. The number of amides is 1. The Kier molecular flexibility index (Phi) is 6.50. The third-order valence-corrected chi connectivity index (χ3v) is 8.43. The molecule has 0 saturated carbocycles. The molecule has 1 N–H and O–H groups in total. The zero-order valence-electron chi connectivity index (χ0n) is 20.6. The second kappa shape index (κ2) is 9.05. The van der Waals surface area contributed by atoms with E-state index in [4.69, 9.17) is 0 Å². The first-order valence-electron chi connectivity index (χ1n) is 12.1. The highest BCUT2D eigenvalue weighted by Crippen LogP contribution is 2.42. The van der Waals surface area contributed by atoms with Gasteiger partial charge in [0.2, 0.25) is 5.91 Å². The zero-order chi connectivity index (χ0) is 23.9. The molecular formula is C27H35N3O2S. The molecule has 6 heteroatoms. The average Bonchev–Trinajstić information content (AvgIpc) is 3.17. The summed E-state index contributed by atoms with van der Waals surface area (Å²) in [7, 11) is 0. The Balaban J connectivity index is 1.67. The molecule has 33 heavy (non-hydrogen) atoms. The minimum atomic E-state index is -0.648. The van der Waals surface area contributed by atoms with Gasteiger partial charge in [-0.25, -0.2) is 4.98 Å². The molecule has 0 aliphatic heterocycles. The van der Waals surface area contributed by atoms with Crippen molar-refractivity contribution in [1.29, 1.82) is 0 Å². The van der Waals surface area contributed by atoms with E-state index in [1.54, 1.807) is 24.6 Å². The van der Waals surface area contributed by atoms with E-state index in [0.29, 0.717) is 11.3 Å². The van der Waals surface area contributed by atoms with Gasteiger partial charge in [0.05, 0.1) is 11.7 Å². The molecule has 0 spiro atoms. The van der Waals surface area contributed by atoms with Crippen molar-refractivity contribution in [2.75, 3.05) is 5.32 Å². The summed E-state index contributed by atoms with van der Waals surface area (Å²) in [5.41, 5.74) is 4.39. The van der Waals surface area contributed by atoms with Crippen molar-refractivity contribution in [2.24, 2.45) is 11.3 Å². The van der Waals surface area contributed by atoms with Crippen molar-refractivity contribution >= 4 is 33.1 Å². The van der Waals surface area contributed by atoms with Crippen molar-refractivity contribution in [3.8, 4) is 0 Å². The molecule has 0 radical (unpaired) electrons. The first-order chi connectivity index (χ1) is 15.7. The van der Waals surface area contributed by atoms with Crippen molar-refractivity contribution in [3.05, 3.63) is 56.4 Å². The standard InChI is InChI=1S/C27H35N3O2S/c1-7-17-10-9-11-18(8-2)23(17)29-24(31)16(3)30-15-28-25-22(26(30)32)20-13-12-19(27(4,5)6)14-21(20)33-25/h9-11,15-16,19H,7-8,12-14H2,1-6H3,(H,29,31). The van der Waals surface area contributed by atoms with Gasteiger partial charge < -0.3 is 5.32 Å². The van der Waals surface area contributed by atoms with E-state index in [2.05, 4.69) is 44.9 Å². The molecule has 4 rings (SSSR count). The smallest absolute Gasteiger partial charge is 0.263 e. The summed E-state index contributed by atoms with van der Waals surface area (Å²) in [6.45, 7) is 12.8. The molecule has 2 aromatic heterocycles. The average molecular weight is 466 g/mol. The number of nitrogens with zero attached hydrogens (tertiary/aromatic N) is 2. The van der Waals surface area contributed by atoms with Crippen LogP contribution in [-0.4, -0.2) is 15.5 Å². The Morgan fingerprint density at radius 1 is 1.24 bits per heavy atom. The number of benzene rings is 1. The molecule has 1 amide bonds. The van der Waals surface area contributed by atoms with Crippen LogP contribution in [0.5, 0.6) is 0 Å². The molecule has 1 aromatic carbocycles. The molecule has 2 heterocycles. The summed E-state index contributed by atoms with van der Waals surface area (Å²) in [4.78, 5) is 33.5. The predicted octanol–water partition coefficient (Wildman–Crippen LogP) is 5.93. The van der Waals surface area contributed by atoms with Crippen LogP contribution < -0.4 is 10.9 Å². The maximum atomic E-state index is 13.5. The molecule has 2 atom stereocenters. The van der Waals surface area contributed by atoms with E-state index < -0.39 is 6.04 Å². The van der Waals surface area contributed by atoms with Gasteiger partial charge in [-0.1, -0.05) is 52.8 Å². The SMILES string of the molecule is CCc1cccc(CC)c1NC(=O)C(C)n1cnc2sc3c(c2c1=O)CCC(C(C)(C)C)C3. The Labute approximate surface area is 200 Å². The number of aryl methyl sites for hydroxylation is 3.